The van der Waals surface area contributed by atoms with Crippen molar-refractivity contribution in [2.24, 2.45) is 28.9 Å². The fraction of sp³-hybridized carbons (Fsp3) is 0.931. The normalized spacial score (nSPS) is 12.9. The second-order valence-electron chi connectivity index (χ2n) is 10.5. The van der Waals surface area contributed by atoms with E-state index in [1.165, 1.54) is 12.8 Å². The molecular formula is C29H63N7O2S2. The van der Waals surface area contributed by atoms with Gasteiger partial charge in [0.2, 0.25) is 5.91 Å². The van der Waals surface area contributed by atoms with Crippen LogP contribution in [0.25, 0.3) is 0 Å². The molecule has 0 aliphatic heterocycles. The van der Waals surface area contributed by atoms with Crippen molar-refractivity contribution in [3.05, 3.63) is 0 Å². The van der Waals surface area contributed by atoms with E-state index in [2.05, 4.69) is 16.0 Å². The highest BCUT2D eigenvalue weighted by molar-refractivity contribution is 8.76. The van der Waals surface area contributed by atoms with E-state index >= 15 is 0 Å². The predicted octanol–water partition coefficient (Wildman–Crippen LogP) is 2.90. The lowest BCUT2D eigenvalue weighted by molar-refractivity contribution is -0.125. The molecule has 0 bridgehead atoms. The summed E-state index contributed by atoms with van der Waals surface area (Å²) < 4.78 is 0. The molecule has 0 aliphatic carbocycles. The molecule has 0 saturated carbocycles. The first-order chi connectivity index (χ1) is 19.6. The third-order valence-corrected chi connectivity index (χ3v) is 9.41. The highest BCUT2D eigenvalue weighted by Gasteiger charge is 2.18. The first-order valence-corrected chi connectivity index (χ1v) is 18.4. The van der Waals surface area contributed by atoms with Crippen molar-refractivity contribution in [1.82, 2.24) is 16.0 Å². The van der Waals surface area contributed by atoms with Crippen LogP contribution in [-0.4, -0.2) is 81.6 Å². The van der Waals surface area contributed by atoms with Crippen LogP contribution >= 0.6 is 21.6 Å². The first-order valence-electron chi connectivity index (χ1n) is 15.9. The third-order valence-electron chi connectivity index (χ3n) is 6.92. The van der Waals surface area contributed by atoms with Gasteiger partial charge in [0.05, 0.1) is 6.04 Å². The lowest BCUT2D eigenvalue weighted by Gasteiger charge is -2.18. The molecular weight excluding hydrogens is 543 g/mol. The van der Waals surface area contributed by atoms with Crippen molar-refractivity contribution >= 4 is 33.3 Å². The van der Waals surface area contributed by atoms with Gasteiger partial charge in [0, 0.05) is 30.4 Å². The van der Waals surface area contributed by atoms with Crippen LogP contribution in [0.3, 0.4) is 0 Å². The smallest absolute Gasteiger partial charge is 0.223 e. The van der Waals surface area contributed by atoms with Crippen molar-refractivity contribution < 1.29 is 9.59 Å². The Morgan fingerprint density at radius 3 is 1.90 bits per heavy atom. The summed E-state index contributed by atoms with van der Waals surface area (Å²) in [6.07, 6.45) is 14.7. The van der Waals surface area contributed by atoms with Gasteiger partial charge in [-0.25, -0.2) is 0 Å². The average molecular weight is 606 g/mol. The molecule has 2 unspecified atom stereocenters. The SMILES string of the molecule is NCCCCCCCC(NCCCN)C(=O)CCCSSCCNC(=O)C(CCCCN)CCCNCCCN. The molecule has 1 amide bonds. The van der Waals surface area contributed by atoms with E-state index in [0.29, 0.717) is 38.4 Å². The Balaban J connectivity index is 4.12. The molecule has 11 heteroatoms. The van der Waals surface area contributed by atoms with Gasteiger partial charge in [-0.1, -0.05) is 53.7 Å². The summed E-state index contributed by atoms with van der Waals surface area (Å²) in [6, 6.07) is -0.0477. The van der Waals surface area contributed by atoms with Gasteiger partial charge in [0.1, 0.15) is 5.78 Å². The Morgan fingerprint density at radius 1 is 0.575 bits per heavy atom. The van der Waals surface area contributed by atoms with Crippen LogP contribution in [0.5, 0.6) is 0 Å². The molecule has 0 radical (unpaired) electrons. The molecule has 11 N–H and O–H groups in total. The summed E-state index contributed by atoms with van der Waals surface area (Å²) in [4.78, 5) is 25.6. The van der Waals surface area contributed by atoms with E-state index in [1.807, 2.05) is 0 Å². The summed E-state index contributed by atoms with van der Waals surface area (Å²) in [5.74, 6) is 2.37. The van der Waals surface area contributed by atoms with Crippen LogP contribution in [0.15, 0.2) is 0 Å². The summed E-state index contributed by atoms with van der Waals surface area (Å²) in [7, 11) is 3.57. The minimum Gasteiger partial charge on any atom is -0.355 e. The van der Waals surface area contributed by atoms with Gasteiger partial charge in [-0.05, 0) is 104 Å². The van der Waals surface area contributed by atoms with Gasteiger partial charge in [0.15, 0.2) is 0 Å². The van der Waals surface area contributed by atoms with Crippen molar-refractivity contribution in [3.63, 3.8) is 0 Å². The van der Waals surface area contributed by atoms with E-state index < -0.39 is 0 Å². The number of ketones is 1. The van der Waals surface area contributed by atoms with Crippen LogP contribution in [-0.2, 0) is 9.59 Å². The van der Waals surface area contributed by atoms with E-state index in [0.717, 1.165) is 115 Å². The zero-order valence-electron chi connectivity index (χ0n) is 25.3. The third kappa shape index (κ3) is 25.3. The Bertz CT molecular complexity index is 529. The van der Waals surface area contributed by atoms with Crippen LogP contribution in [0.2, 0.25) is 0 Å². The van der Waals surface area contributed by atoms with Gasteiger partial charge in [0.25, 0.3) is 0 Å². The number of amides is 1. The molecule has 0 spiro atoms. The van der Waals surface area contributed by atoms with Gasteiger partial charge in [-0.15, -0.1) is 0 Å². The second kappa shape index (κ2) is 31.5. The van der Waals surface area contributed by atoms with Gasteiger partial charge in [-0.2, -0.15) is 0 Å². The second-order valence-corrected chi connectivity index (χ2v) is 13.2. The van der Waals surface area contributed by atoms with Crippen molar-refractivity contribution in [1.29, 1.82) is 0 Å². The Labute approximate surface area is 253 Å². The highest BCUT2D eigenvalue weighted by Crippen LogP contribution is 2.22. The fourth-order valence-electron chi connectivity index (χ4n) is 4.50. The van der Waals surface area contributed by atoms with Gasteiger partial charge in [-0.3, -0.25) is 9.59 Å². The molecule has 2 atom stereocenters. The van der Waals surface area contributed by atoms with Crippen molar-refractivity contribution in [2.45, 2.75) is 102 Å². The maximum atomic E-state index is 12.8. The quantitative estimate of drug-likeness (QED) is 0.0446. The number of carbonyl (C=O) groups excluding carboxylic acids is 2. The van der Waals surface area contributed by atoms with Crippen LogP contribution < -0.4 is 38.9 Å². The number of nitrogens with two attached hydrogens (primary N) is 4. The first kappa shape index (κ1) is 39.6. The number of hydrogen-bond acceptors (Lipinski definition) is 10. The molecule has 40 heavy (non-hydrogen) atoms. The Morgan fingerprint density at radius 2 is 1.15 bits per heavy atom. The van der Waals surface area contributed by atoms with E-state index in [4.69, 9.17) is 22.9 Å². The standard InChI is InChI=1S/C29H63N7O2S2/c30-16-6-3-1-2-4-14-27(35-22-11-19-33)28(37)15-9-24-39-40-25-23-36-29(38)26(12-5-7-17-31)13-8-20-34-21-10-18-32/h26-27,34-35H,1-25,30-33H2,(H,36,38). The average Bonchev–Trinajstić information content (AvgIpc) is 2.95. The van der Waals surface area contributed by atoms with Crippen LogP contribution in [0.4, 0.5) is 0 Å². The number of hydrogen-bond donors (Lipinski definition) is 7. The lowest BCUT2D eigenvalue weighted by Crippen LogP contribution is -2.38. The molecule has 9 nitrogen and oxygen atoms in total. The van der Waals surface area contributed by atoms with Crippen molar-refractivity contribution in [3.8, 4) is 0 Å². The maximum absolute atomic E-state index is 12.8. The van der Waals surface area contributed by atoms with E-state index in [9.17, 15) is 9.59 Å². The number of carbonyl (C=O) groups is 2. The maximum Gasteiger partial charge on any atom is 0.223 e. The molecule has 0 fully saturated rings. The Kier molecular flexibility index (Phi) is 31.2. The molecule has 0 rings (SSSR count). The van der Waals surface area contributed by atoms with Crippen molar-refractivity contribution in [2.75, 3.05) is 63.9 Å². The number of nitrogens with one attached hydrogen (secondary N) is 3. The largest absolute Gasteiger partial charge is 0.355 e. The zero-order valence-corrected chi connectivity index (χ0v) is 26.9. The lowest BCUT2D eigenvalue weighted by atomic mass is 9.95. The molecule has 0 aromatic carbocycles. The summed E-state index contributed by atoms with van der Waals surface area (Å²) >= 11 is 0. The van der Waals surface area contributed by atoms with Crippen LogP contribution in [0, 0.1) is 5.92 Å². The molecule has 0 aliphatic rings. The molecule has 0 aromatic heterocycles. The predicted molar refractivity (Wildman–Crippen MR) is 177 cm³/mol. The monoisotopic (exact) mass is 605 g/mol. The number of unbranched alkanes of at least 4 members (excludes halogenated alkanes) is 5. The minimum absolute atomic E-state index is 0.0477. The topological polar surface area (TPSA) is 174 Å². The number of Topliss-reactive ketones (excluding diaryl/α,β-unsaturated/α-hetero) is 1. The summed E-state index contributed by atoms with van der Waals surface area (Å²) in [5.41, 5.74) is 22.4. The fourth-order valence-corrected chi connectivity index (χ4v) is 6.50. The minimum atomic E-state index is -0.0477. The van der Waals surface area contributed by atoms with Gasteiger partial charge >= 0.3 is 0 Å². The summed E-state index contributed by atoms with van der Waals surface area (Å²) in [6.45, 7) is 6.12. The summed E-state index contributed by atoms with van der Waals surface area (Å²) in [5, 5.41) is 9.97. The van der Waals surface area contributed by atoms with E-state index in [1.54, 1.807) is 21.6 Å². The van der Waals surface area contributed by atoms with E-state index in [-0.39, 0.29) is 17.9 Å². The zero-order chi connectivity index (χ0) is 29.5. The van der Waals surface area contributed by atoms with Crippen LogP contribution in [0.1, 0.15) is 96.3 Å². The molecule has 0 aromatic rings. The molecule has 0 heterocycles. The number of rotatable bonds is 32. The molecule has 0 saturated heterocycles. The van der Waals surface area contributed by atoms with Gasteiger partial charge < -0.3 is 38.9 Å². The highest BCUT2D eigenvalue weighted by atomic mass is 33.1. The molecule has 238 valence electrons. The Hall–Kier alpha value is -0.400.